The van der Waals surface area contributed by atoms with Gasteiger partial charge in [0.1, 0.15) is 0 Å². The van der Waals surface area contributed by atoms with Crippen molar-refractivity contribution < 1.29 is 19.1 Å². The Morgan fingerprint density at radius 2 is 1.04 bits per heavy atom. The van der Waals surface area contributed by atoms with E-state index in [1.165, 1.54) is 24.3 Å². The molecule has 0 heterocycles. The highest BCUT2D eigenvalue weighted by Gasteiger charge is 2.16. The summed E-state index contributed by atoms with van der Waals surface area (Å²) in [4.78, 5) is 24.6. The Morgan fingerprint density at radius 3 is 1.42 bits per heavy atom. The average molecular weight is 348 g/mol. The van der Waals surface area contributed by atoms with Gasteiger partial charge in [0.15, 0.2) is 11.5 Å². The molecule has 0 amide bonds. The summed E-state index contributed by atoms with van der Waals surface area (Å²) in [6.45, 7) is 0. The molecule has 4 N–H and O–H groups in total. The first kappa shape index (κ1) is 17.0. The highest BCUT2D eigenvalue weighted by Crippen LogP contribution is 2.28. The number of rotatable bonds is 4. The SMILES string of the molecule is Nc1cccc(C(=O)Oc2ccccc2OC(=O)c2cccc(N)c2)c1. The van der Waals surface area contributed by atoms with Gasteiger partial charge in [-0.1, -0.05) is 24.3 Å². The maximum absolute atomic E-state index is 12.3. The van der Waals surface area contributed by atoms with Crippen molar-refractivity contribution in [2.45, 2.75) is 0 Å². The Kier molecular flexibility index (Phi) is 4.85. The van der Waals surface area contributed by atoms with Crippen LogP contribution < -0.4 is 20.9 Å². The molecule has 3 rings (SSSR count). The highest BCUT2D eigenvalue weighted by molar-refractivity contribution is 5.94. The number of esters is 2. The fraction of sp³-hybridized carbons (Fsp3) is 0. The molecule has 3 aromatic rings. The van der Waals surface area contributed by atoms with Crippen molar-refractivity contribution in [3.63, 3.8) is 0 Å². The van der Waals surface area contributed by atoms with Gasteiger partial charge in [-0.2, -0.15) is 0 Å². The monoisotopic (exact) mass is 348 g/mol. The van der Waals surface area contributed by atoms with Gasteiger partial charge in [0.05, 0.1) is 11.1 Å². The molecule has 0 fully saturated rings. The molecule has 0 spiro atoms. The van der Waals surface area contributed by atoms with Gasteiger partial charge in [-0.05, 0) is 48.5 Å². The van der Waals surface area contributed by atoms with E-state index in [0.717, 1.165) is 0 Å². The van der Waals surface area contributed by atoms with Gasteiger partial charge >= 0.3 is 11.9 Å². The maximum Gasteiger partial charge on any atom is 0.343 e. The van der Waals surface area contributed by atoms with Gasteiger partial charge in [0.25, 0.3) is 0 Å². The predicted octanol–water partition coefficient (Wildman–Crippen LogP) is 3.29. The van der Waals surface area contributed by atoms with Gasteiger partial charge in [-0.3, -0.25) is 0 Å². The van der Waals surface area contributed by atoms with Gasteiger partial charge in [-0.25, -0.2) is 9.59 Å². The molecule has 0 aromatic heterocycles. The summed E-state index contributed by atoms with van der Waals surface area (Å²) >= 11 is 0. The lowest BCUT2D eigenvalue weighted by Gasteiger charge is -2.11. The quantitative estimate of drug-likeness (QED) is 0.426. The zero-order chi connectivity index (χ0) is 18.5. The number of carbonyl (C=O) groups excluding carboxylic acids is 2. The van der Waals surface area contributed by atoms with Crippen molar-refractivity contribution in [1.29, 1.82) is 0 Å². The third-order valence-corrected chi connectivity index (χ3v) is 3.50. The second-order valence-corrected chi connectivity index (χ2v) is 5.48. The summed E-state index contributed by atoms with van der Waals surface area (Å²) in [6.07, 6.45) is 0. The molecule has 26 heavy (non-hydrogen) atoms. The van der Waals surface area contributed by atoms with Crippen LogP contribution in [0.4, 0.5) is 11.4 Å². The molecular formula is C20H16N2O4. The van der Waals surface area contributed by atoms with Crippen LogP contribution >= 0.6 is 0 Å². The third kappa shape index (κ3) is 3.99. The molecule has 0 atom stereocenters. The van der Waals surface area contributed by atoms with E-state index in [2.05, 4.69) is 0 Å². The number of nitrogen functional groups attached to an aromatic ring is 2. The fourth-order valence-corrected chi connectivity index (χ4v) is 2.27. The molecule has 0 bridgehead atoms. The Labute approximate surface area is 150 Å². The van der Waals surface area contributed by atoms with Crippen molar-refractivity contribution in [2.75, 3.05) is 11.5 Å². The average Bonchev–Trinajstić information content (AvgIpc) is 2.63. The van der Waals surface area contributed by atoms with E-state index in [-0.39, 0.29) is 11.5 Å². The molecule has 3 aromatic carbocycles. The van der Waals surface area contributed by atoms with Crippen molar-refractivity contribution in [2.24, 2.45) is 0 Å². The molecule has 0 aliphatic rings. The summed E-state index contributed by atoms with van der Waals surface area (Å²) in [5.74, 6) is -0.969. The minimum atomic E-state index is -0.607. The number of hydrogen-bond acceptors (Lipinski definition) is 6. The zero-order valence-electron chi connectivity index (χ0n) is 13.7. The zero-order valence-corrected chi connectivity index (χ0v) is 13.7. The summed E-state index contributed by atoms with van der Waals surface area (Å²) in [5.41, 5.74) is 12.8. The molecular weight excluding hydrogens is 332 g/mol. The number of hydrogen-bond donors (Lipinski definition) is 2. The second kappa shape index (κ2) is 7.40. The van der Waals surface area contributed by atoms with Crippen LogP contribution in [0.3, 0.4) is 0 Å². The van der Waals surface area contributed by atoms with E-state index >= 15 is 0 Å². The lowest BCUT2D eigenvalue weighted by molar-refractivity contribution is 0.0682. The van der Waals surface area contributed by atoms with E-state index in [0.29, 0.717) is 22.5 Å². The first-order chi connectivity index (χ1) is 12.5. The van der Waals surface area contributed by atoms with Crippen molar-refractivity contribution >= 4 is 23.3 Å². The largest absolute Gasteiger partial charge is 0.419 e. The molecule has 0 radical (unpaired) electrons. The fourth-order valence-electron chi connectivity index (χ4n) is 2.27. The topological polar surface area (TPSA) is 105 Å². The van der Waals surface area contributed by atoms with E-state index in [9.17, 15) is 9.59 Å². The van der Waals surface area contributed by atoms with Crippen LogP contribution in [0.5, 0.6) is 11.5 Å². The number of anilines is 2. The second-order valence-electron chi connectivity index (χ2n) is 5.48. The number of carbonyl (C=O) groups is 2. The van der Waals surface area contributed by atoms with Crippen LogP contribution in [0.2, 0.25) is 0 Å². The van der Waals surface area contributed by atoms with Gasteiger partial charge in [0.2, 0.25) is 0 Å². The van der Waals surface area contributed by atoms with Crippen molar-refractivity contribution in [3.8, 4) is 11.5 Å². The van der Waals surface area contributed by atoms with Crippen LogP contribution in [-0.4, -0.2) is 11.9 Å². The third-order valence-electron chi connectivity index (χ3n) is 3.50. The molecule has 6 heteroatoms. The molecule has 130 valence electrons. The Morgan fingerprint density at radius 1 is 0.615 bits per heavy atom. The molecule has 0 saturated carbocycles. The standard InChI is InChI=1S/C20H16N2O4/c21-15-7-3-5-13(11-15)19(23)25-17-9-1-2-10-18(17)26-20(24)14-6-4-8-16(22)12-14/h1-12H,21-22H2. The van der Waals surface area contributed by atoms with Crippen LogP contribution in [0.15, 0.2) is 72.8 Å². The van der Waals surface area contributed by atoms with Crippen LogP contribution in [0, 0.1) is 0 Å². The van der Waals surface area contributed by atoms with Crippen LogP contribution in [-0.2, 0) is 0 Å². The summed E-state index contributed by atoms with van der Waals surface area (Å²) in [7, 11) is 0. The van der Waals surface area contributed by atoms with E-state index in [4.69, 9.17) is 20.9 Å². The van der Waals surface area contributed by atoms with E-state index in [1.807, 2.05) is 0 Å². The first-order valence-electron chi connectivity index (χ1n) is 7.77. The van der Waals surface area contributed by atoms with E-state index in [1.54, 1.807) is 48.5 Å². The smallest absolute Gasteiger partial charge is 0.343 e. The van der Waals surface area contributed by atoms with Gasteiger partial charge in [0, 0.05) is 11.4 Å². The Hall–Kier alpha value is -3.80. The minimum absolute atomic E-state index is 0.122. The lowest BCUT2D eigenvalue weighted by Crippen LogP contribution is -2.13. The maximum atomic E-state index is 12.3. The Balaban J connectivity index is 1.80. The normalized spacial score (nSPS) is 10.2. The Bertz CT molecular complexity index is 891. The number of para-hydroxylation sites is 2. The van der Waals surface area contributed by atoms with Crippen molar-refractivity contribution in [3.05, 3.63) is 83.9 Å². The summed E-state index contributed by atoms with van der Waals surface area (Å²) in [6, 6.07) is 19.2. The van der Waals surface area contributed by atoms with Crippen molar-refractivity contribution in [1.82, 2.24) is 0 Å². The number of benzene rings is 3. The van der Waals surface area contributed by atoms with Gasteiger partial charge in [-0.15, -0.1) is 0 Å². The van der Waals surface area contributed by atoms with Gasteiger partial charge < -0.3 is 20.9 Å². The summed E-state index contributed by atoms with van der Waals surface area (Å²) < 4.78 is 10.7. The molecule has 0 saturated heterocycles. The highest BCUT2D eigenvalue weighted by atomic mass is 16.6. The minimum Gasteiger partial charge on any atom is -0.419 e. The molecule has 0 aliphatic carbocycles. The van der Waals surface area contributed by atoms with Crippen LogP contribution in [0.1, 0.15) is 20.7 Å². The molecule has 0 aliphatic heterocycles. The molecule has 6 nitrogen and oxygen atoms in total. The van der Waals surface area contributed by atoms with E-state index < -0.39 is 11.9 Å². The molecule has 0 unspecified atom stereocenters. The number of nitrogens with two attached hydrogens (primary N) is 2. The summed E-state index contributed by atoms with van der Waals surface area (Å²) in [5, 5.41) is 0. The first-order valence-corrected chi connectivity index (χ1v) is 7.77. The lowest BCUT2D eigenvalue weighted by atomic mass is 10.2. The van der Waals surface area contributed by atoms with Crippen LogP contribution in [0.25, 0.3) is 0 Å². The number of ether oxygens (including phenoxy) is 2. The predicted molar refractivity (Wildman–Crippen MR) is 98.1 cm³/mol.